The zero-order valence-electron chi connectivity index (χ0n) is 12.7. The van der Waals surface area contributed by atoms with Crippen molar-refractivity contribution in [3.05, 3.63) is 28.3 Å². The Kier molecular flexibility index (Phi) is 4.73. The largest absolute Gasteiger partial charge is 0.495 e. The Morgan fingerprint density at radius 3 is 2.61 bits per heavy atom. The molecule has 1 aromatic rings. The van der Waals surface area contributed by atoms with E-state index in [2.05, 4.69) is 5.32 Å². The maximum absolute atomic E-state index is 12.0. The Morgan fingerprint density at radius 2 is 2.13 bits per heavy atom. The highest BCUT2D eigenvalue weighted by atomic mass is 32.2. The highest BCUT2D eigenvalue weighted by Crippen LogP contribution is 2.33. The van der Waals surface area contributed by atoms with E-state index in [9.17, 15) is 23.3 Å². The number of sulfonamides is 1. The minimum Gasteiger partial charge on any atom is -0.495 e. The Balaban J connectivity index is 2.39. The van der Waals surface area contributed by atoms with E-state index in [1.165, 1.54) is 19.2 Å². The number of anilines is 1. The molecule has 1 fully saturated rings. The van der Waals surface area contributed by atoms with Crippen LogP contribution < -0.4 is 14.4 Å². The van der Waals surface area contributed by atoms with E-state index in [0.717, 1.165) is 29.5 Å². The van der Waals surface area contributed by atoms with E-state index in [1.807, 2.05) is 0 Å². The average molecular weight is 343 g/mol. The summed E-state index contributed by atoms with van der Waals surface area (Å²) in [7, 11) is -2.52. The van der Waals surface area contributed by atoms with Gasteiger partial charge in [-0.15, -0.1) is 0 Å². The van der Waals surface area contributed by atoms with E-state index >= 15 is 0 Å². The van der Waals surface area contributed by atoms with Gasteiger partial charge in [-0.2, -0.15) is 0 Å². The van der Waals surface area contributed by atoms with E-state index in [1.54, 1.807) is 0 Å². The summed E-state index contributed by atoms with van der Waals surface area (Å²) in [5.41, 5.74) is -0.341. The molecule has 0 saturated heterocycles. The van der Waals surface area contributed by atoms with Crippen molar-refractivity contribution >= 4 is 27.3 Å². The number of hydrogen-bond acceptors (Lipinski definition) is 6. The number of carbonyl (C=O) groups is 1. The number of amides is 1. The molecule has 1 aromatic carbocycles. The van der Waals surface area contributed by atoms with E-state index in [0.29, 0.717) is 0 Å². The second kappa shape index (κ2) is 6.41. The third-order valence-electron chi connectivity index (χ3n) is 3.27. The molecule has 10 heteroatoms. The van der Waals surface area contributed by atoms with E-state index in [-0.39, 0.29) is 23.2 Å². The molecule has 0 spiro atoms. The van der Waals surface area contributed by atoms with Crippen molar-refractivity contribution in [2.45, 2.75) is 18.9 Å². The highest BCUT2D eigenvalue weighted by molar-refractivity contribution is 7.92. The molecule has 2 rings (SSSR count). The molecule has 0 radical (unpaired) electrons. The number of nitrogens with zero attached hydrogens (tertiary/aromatic N) is 2. The van der Waals surface area contributed by atoms with Gasteiger partial charge in [0.15, 0.2) is 0 Å². The van der Waals surface area contributed by atoms with Crippen LogP contribution in [0.2, 0.25) is 0 Å². The molecule has 0 unspecified atom stereocenters. The van der Waals surface area contributed by atoms with Crippen LogP contribution in [-0.2, 0) is 14.8 Å². The number of nitro groups is 1. The monoisotopic (exact) mass is 343 g/mol. The predicted octanol–water partition coefficient (Wildman–Crippen LogP) is 0.648. The number of benzene rings is 1. The van der Waals surface area contributed by atoms with Crippen LogP contribution in [0.3, 0.4) is 0 Å². The van der Waals surface area contributed by atoms with Crippen LogP contribution >= 0.6 is 0 Å². The second-order valence-electron chi connectivity index (χ2n) is 5.22. The summed E-state index contributed by atoms with van der Waals surface area (Å²) in [6, 6.07) is 3.65. The molecular formula is C13H17N3O6S. The van der Waals surface area contributed by atoms with Crippen LogP contribution in [0.1, 0.15) is 12.8 Å². The van der Waals surface area contributed by atoms with Crippen molar-refractivity contribution in [1.82, 2.24) is 5.32 Å². The van der Waals surface area contributed by atoms with Crippen molar-refractivity contribution in [2.75, 3.05) is 24.2 Å². The quantitative estimate of drug-likeness (QED) is 0.573. The van der Waals surface area contributed by atoms with Crippen LogP contribution in [0, 0.1) is 10.1 Å². The summed E-state index contributed by atoms with van der Waals surface area (Å²) < 4.78 is 30.0. The van der Waals surface area contributed by atoms with Crippen LogP contribution in [0.5, 0.6) is 5.75 Å². The number of nitrogens with one attached hydrogen (secondary N) is 1. The topological polar surface area (TPSA) is 119 Å². The van der Waals surface area contributed by atoms with Gasteiger partial charge < -0.3 is 10.1 Å². The number of carbonyl (C=O) groups excluding carboxylic acids is 1. The third-order valence-corrected chi connectivity index (χ3v) is 4.40. The van der Waals surface area contributed by atoms with Crippen molar-refractivity contribution in [1.29, 1.82) is 0 Å². The Labute approximate surface area is 133 Å². The number of hydrogen-bond donors (Lipinski definition) is 1. The minimum absolute atomic E-state index is 0.0462. The molecule has 0 bridgehead atoms. The fraction of sp³-hybridized carbons (Fsp3) is 0.462. The molecule has 1 N–H and O–H groups in total. The molecule has 1 aliphatic rings. The van der Waals surface area contributed by atoms with Crippen molar-refractivity contribution in [2.24, 2.45) is 0 Å². The number of rotatable bonds is 7. The maximum Gasteiger partial charge on any atom is 0.271 e. The molecular weight excluding hydrogens is 326 g/mol. The summed E-state index contributed by atoms with van der Waals surface area (Å²) >= 11 is 0. The van der Waals surface area contributed by atoms with Gasteiger partial charge in [0.1, 0.15) is 18.0 Å². The van der Waals surface area contributed by atoms with Crippen molar-refractivity contribution in [3.8, 4) is 5.75 Å². The number of non-ortho nitro benzene ring substituents is 1. The second-order valence-corrected chi connectivity index (χ2v) is 7.13. The molecule has 0 atom stereocenters. The van der Waals surface area contributed by atoms with Crippen LogP contribution in [0.4, 0.5) is 11.4 Å². The van der Waals surface area contributed by atoms with Crippen LogP contribution in [-0.4, -0.2) is 45.2 Å². The first kappa shape index (κ1) is 17.0. The van der Waals surface area contributed by atoms with E-state index < -0.39 is 27.4 Å². The molecule has 0 aromatic heterocycles. The van der Waals surface area contributed by atoms with Gasteiger partial charge in [0, 0.05) is 18.2 Å². The van der Waals surface area contributed by atoms with Crippen molar-refractivity contribution < 1.29 is 22.9 Å². The lowest BCUT2D eigenvalue weighted by molar-refractivity contribution is -0.384. The zero-order valence-corrected chi connectivity index (χ0v) is 13.5. The Hall–Kier alpha value is -2.36. The lowest BCUT2D eigenvalue weighted by Gasteiger charge is -2.23. The van der Waals surface area contributed by atoms with Gasteiger partial charge in [-0.25, -0.2) is 8.42 Å². The average Bonchev–Trinajstić information content (AvgIpc) is 3.26. The molecule has 1 saturated carbocycles. The van der Waals surface area contributed by atoms with Gasteiger partial charge in [0.2, 0.25) is 15.9 Å². The van der Waals surface area contributed by atoms with Crippen LogP contribution in [0.15, 0.2) is 18.2 Å². The fourth-order valence-corrected chi connectivity index (χ4v) is 2.85. The maximum atomic E-state index is 12.0. The van der Waals surface area contributed by atoms with Crippen LogP contribution in [0.25, 0.3) is 0 Å². The number of ether oxygens (including phenoxy) is 1. The van der Waals surface area contributed by atoms with Gasteiger partial charge in [-0.1, -0.05) is 0 Å². The molecule has 1 aliphatic carbocycles. The number of nitro benzene ring substituents is 1. The summed E-state index contributed by atoms with van der Waals surface area (Å²) in [5.74, 6) is -0.341. The number of methoxy groups -OCH3 is 1. The minimum atomic E-state index is -3.83. The first-order chi connectivity index (χ1) is 10.7. The molecule has 0 aliphatic heterocycles. The molecule has 0 heterocycles. The fourth-order valence-electron chi connectivity index (χ4n) is 2.00. The summed E-state index contributed by atoms with van der Waals surface area (Å²) in [6.07, 6.45) is 2.66. The van der Waals surface area contributed by atoms with Gasteiger partial charge in [0.25, 0.3) is 5.69 Å². The third kappa shape index (κ3) is 4.31. The SMILES string of the molecule is COc1ccc([N+](=O)[O-])cc1N(CC(=O)NC1CC1)S(C)(=O)=O. The first-order valence-corrected chi connectivity index (χ1v) is 8.66. The molecule has 1 amide bonds. The molecule has 9 nitrogen and oxygen atoms in total. The lowest BCUT2D eigenvalue weighted by Crippen LogP contribution is -2.41. The van der Waals surface area contributed by atoms with E-state index in [4.69, 9.17) is 4.74 Å². The zero-order chi connectivity index (χ0) is 17.2. The van der Waals surface area contributed by atoms with Gasteiger partial charge in [-0.05, 0) is 18.9 Å². The standard InChI is InChI=1S/C13H17N3O6S/c1-22-12-6-5-10(16(18)19)7-11(12)15(23(2,20)21)8-13(17)14-9-3-4-9/h5-7,9H,3-4,8H2,1-2H3,(H,14,17). The van der Waals surface area contributed by atoms with Gasteiger partial charge >= 0.3 is 0 Å². The Bertz CT molecular complexity index is 729. The van der Waals surface area contributed by atoms with Gasteiger partial charge in [0.05, 0.1) is 18.3 Å². The predicted molar refractivity (Wildman–Crippen MR) is 83.0 cm³/mol. The molecule has 23 heavy (non-hydrogen) atoms. The summed E-state index contributed by atoms with van der Waals surface area (Å²) in [5, 5.41) is 13.6. The smallest absolute Gasteiger partial charge is 0.271 e. The Morgan fingerprint density at radius 1 is 1.48 bits per heavy atom. The van der Waals surface area contributed by atoms with Crippen molar-refractivity contribution in [3.63, 3.8) is 0 Å². The lowest BCUT2D eigenvalue weighted by atomic mass is 10.2. The van der Waals surface area contributed by atoms with Gasteiger partial charge in [-0.3, -0.25) is 19.2 Å². The summed E-state index contributed by atoms with van der Waals surface area (Å²) in [4.78, 5) is 22.2. The normalized spacial score (nSPS) is 14.2. The summed E-state index contributed by atoms with van der Waals surface area (Å²) in [6.45, 7) is -0.465. The molecule has 126 valence electrons. The first-order valence-electron chi connectivity index (χ1n) is 6.82. The highest BCUT2D eigenvalue weighted by Gasteiger charge is 2.29.